The van der Waals surface area contributed by atoms with Crippen LogP contribution in [0.15, 0.2) is 24.3 Å². The highest BCUT2D eigenvalue weighted by molar-refractivity contribution is 5.68. The highest BCUT2D eigenvalue weighted by Crippen LogP contribution is 2.21. The second-order valence-electron chi connectivity index (χ2n) is 5.60. The van der Waals surface area contributed by atoms with E-state index in [1.165, 1.54) is 6.07 Å². The lowest BCUT2D eigenvalue weighted by molar-refractivity contribution is -0.385. The van der Waals surface area contributed by atoms with E-state index < -0.39 is 16.6 Å². The van der Waals surface area contributed by atoms with Gasteiger partial charge in [0.2, 0.25) is 0 Å². The Morgan fingerprint density at radius 3 is 2.67 bits per heavy atom. The van der Waals surface area contributed by atoms with Gasteiger partial charge < -0.3 is 10.1 Å². The van der Waals surface area contributed by atoms with Crippen LogP contribution in [0.3, 0.4) is 0 Å². The third-order valence-electron chi connectivity index (χ3n) is 2.44. The zero-order valence-electron chi connectivity index (χ0n) is 12.7. The van der Waals surface area contributed by atoms with Crippen molar-refractivity contribution in [2.24, 2.45) is 0 Å². The molecule has 0 fully saturated rings. The molecule has 0 radical (unpaired) electrons. The lowest BCUT2D eigenvalue weighted by atomic mass is 10.1. The molecule has 0 spiro atoms. The van der Waals surface area contributed by atoms with Crippen molar-refractivity contribution in [2.45, 2.75) is 33.3 Å². The van der Waals surface area contributed by atoms with Gasteiger partial charge in [-0.2, -0.15) is 0 Å². The van der Waals surface area contributed by atoms with E-state index in [0.717, 1.165) is 5.56 Å². The number of benzene rings is 1. The molecule has 1 rings (SSSR count). The molecule has 0 aliphatic rings. The number of nitro groups is 1. The number of rotatable bonds is 4. The number of carbonyl (C=O) groups is 1. The normalized spacial score (nSPS) is 11.4. The smallest absolute Gasteiger partial charge is 0.407 e. The number of nitrogens with zero attached hydrogens (tertiary/aromatic N) is 1. The maximum atomic E-state index is 11.4. The van der Waals surface area contributed by atoms with Crippen LogP contribution in [0.2, 0.25) is 0 Å². The summed E-state index contributed by atoms with van der Waals surface area (Å²) in [5.41, 5.74) is 0.814. The number of amides is 1. The van der Waals surface area contributed by atoms with Crippen molar-refractivity contribution >= 4 is 17.9 Å². The van der Waals surface area contributed by atoms with Crippen LogP contribution >= 0.6 is 0 Å². The van der Waals surface area contributed by atoms with Gasteiger partial charge in [-0.15, -0.1) is 0 Å². The van der Waals surface area contributed by atoms with Crippen molar-refractivity contribution < 1.29 is 14.5 Å². The lowest BCUT2D eigenvalue weighted by Crippen LogP contribution is -2.32. The van der Waals surface area contributed by atoms with Crippen LogP contribution in [0.4, 0.5) is 10.5 Å². The van der Waals surface area contributed by atoms with E-state index in [0.29, 0.717) is 5.56 Å². The Kier molecular flexibility index (Phi) is 5.46. The van der Waals surface area contributed by atoms with Crippen molar-refractivity contribution in [2.75, 3.05) is 6.54 Å². The Morgan fingerprint density at radius 1 is 1.43 bits per heavy atom. The van der Waals surface area contributed by atoms with Gasteiger partial charge in [0, 0.05) is 12.6 Å². The molecule has 0 bridgehead atoms. The summed E-state index contributed by atoms with van der Waals surface area (Å²) < 4.78 is 5.08. The van der Waals surface area contributed by atoms with Gasteiger partial charge in [-0.3, -0.25) is 10.1 Å². The van der Waals surface area contributed by atoms with Gasteiger partial charge in [-0.05, 0) is 39.3 Å². The van der Waals surface area contributed by atoms with Crippen molar-refractivity contribution in [3.8, 4) is 0 Å². The predicted octanol–water partition coefficient (Wildman–Crippen LogP) is 3.44. The summed E-state index contributed by atoms with van der Waals surface area (Å²) >= 11 is 0. The van der Waals surface area contributed by atoms with Crippen molar-refractivity contribution in [1.82, 2.24) is 5.32 Å². The number of nitro benzene ring substituents is 1. The van der Waals surface area contributed by atoms with Crippen LogP contribution in [-0.2, 0) is 4.74 Å². The summed E-state index contributed by atoms with van der Waals surface area (Å²) in [5, 5.41) is 13.5. The van der Waals surface area contributed by atoms with E-state index in [-0.39, 0.29) is 12.2 Å². The molecule has 0 atom stereocenters. The zero-order valence-corrected chi connectivity index (χ0v) is 12.7. The topological polar surface area (TPSA) is 81.5 Å². The number of aryl methyl sites for hydroxylation is 1. The summed E-state index contributed by atoms with van der Waals surface area (Å²) in [6.07, 6.45) is 2.72. The van der Waals surface area contributed by atoms with Gasteiger partial charge in [-0.1, -0.05) is 18.2 Å². The Morgan fingerprint density at radius 2 is 2.10 bits per heavy atom. The molecule has 0 unspecified atom stereocenters. The molecule has 1 aromatic rings. The van der Waals surface area contributed by atoms with Gasteiger partial charge in [0.15, 0.2) is 0 Å². The fourth-order valence-electron chi connectivity index (χ4n) is 1.60. The minimum absolute atomic E-state index is 0.0449. The first-order valence-corrected chi connectivity index (χ1v) is 6.57. The summed E-state index contributed by atoms with van der Waals surface area (Å²) in [6, 6.07) is 4.99. The van der Waals surface area contributed by atoms with E-state index >= 15 is 0 Å². The van der Waals surface area contributed by atoms with E-state index in [2.05, 4.69) is 5.32 Å². The largest absolute Gasteiger partial charge is 0.444 e. The monoisotopic (exact) mass is 292 g/mol. The molecule has 1 N–H and O–H groups in total. The summed E-state index contributed by atoms with van der Waals surface area (Å²) in [6.45, 7) is 7.36. The molecule has 0 aliphatic carbocycles. The molecule has 0 saturated carbocycles. The first kappa shape index (κ1) is 16.7. The number of ether oxygens (including phenoxy) is 1. The molecule has 1 aromatic carbocycles. The van der Waals surface area contributed by atoms with Crippen molar-refractivity contribution in [1.29, 1.82) is 0 Å². The van der Waals surface area contributed by atoms with E-state index in [1.807, 2.05) is 0 Å². The van der Waals surface area contributed by atoms with Crippen LogP contribution in [0.25, 0.3) is 6.08 Å². The van der Waals surface area contributed by atoms with E-state index in [9.17, 15) is 14.9 Å². The van der Waals surface area contributed by atoms with Gasteiger partial charge in [-0.25, -0.2) is 4.79 Å². The third-order valence-corrected chi connectivity index (χ3v) is 2.44. The Labute approximate surface area is 124 Å². The molecule has 0 heterocycles. The Hall–Kier alpha value is -2.37. The average Bonchev–Trinajstić information content (AvgIpc) is 2.33. The second kappa shape index (κ2) is 6.88. The first-order chi connectivity index (χ1) is 9.69. The molecule has 0 saturated heterocycles. The minimum Gasteiger partial charge on any atom is -0.444 e. The summed E-state index contributed by atoms with van der Waals surface area (Å²) in [4.78, 5) is 21.9. The molecular weight excluding hydrogens is 272 g/mol. The number of nitrogens with one attached hydrogen (secondary N) is 1. The molecule has 6 nitrogen and oxygen atoms in total. The van der Waals surface area contributed by atoms with E-state index in [4.69, 9.17) is 4.74 Å². The highest BCUT2D eigenvalue weighted by Gasteiger charge is 2.15. The molecule has 6 heteroatoms. The number of alkyl carbamates (subject to hydrolysis) is 1. The fourth-order valence-corrected chi connectivity index (χ4v) is 1.60. The predicted molar refractivity (Wildman–Crippen MR) is 81.1 cm³/mol. The number of hydrogen-bond acceptors (Lipinski definition) is 4. The lowest BCUT2D eigenvalue weighted by Gasteiger charge is -2.19. The quantitative estimate of drug-likeness (QED) is 0.680. The van der Waals surface area contributed by atoms with E-state index in [1.54, 1.807) is 52.0 Å². The standard InChI is InChI=1S/C15H20N2O4/c1-11-7-8-12(13(10-11)17(19)20)6-5-9-16-14(18)21-15(2,3)4/h5-8,10H,9H2,1-4H3,(H,16,18). The Bertz CT molecular complexity index is 559. The maximum absolute atomic E-state index is 11.4. The third kappa shape index (κ3) is 6.07. The Balaban J connectivity index is 2.62. The minimum atomic E-state index is -0.552. The average molecular weight is 292 g/mol. The zero-order chi connectivity index (χ0) is 16.0. The molecule has 0 aliphatic heterocycles. The van der Waals surface area contributed by atoms with Gasteiger partial charge >= 0.3 is 6.09 Å². The van der Waals surface area contributed by atoms with Crippen LogP contribution in [0, 0.1) is 17.0 Å². The van der Waals surface area contributed by atoms with Gasteiger partial charge in [0.05, 0.1) is 10.5 Å². The number of hydrogen-bond donors (Lipinski definition) is 1. The molecular formula is C15H20N2O4. The fraction of sp³-hybridized carbons (Fsp3) is 0.400. The summed E-state index contributed by atoms with van der Waals surface area (Å²) in [7, 11) is 0. The SMILES string of the molecule is Cc1ccc(C=CCNC(=O)OC(C)(C)C)c([N+](=O)[O-])c1. The first-order valence-electron chi connectivity index (χ1n) is 6.57. The van der Waals surface area contributed by atoms with Crippen molar-refractivity contribution in [3.63, 3.8) is 0 Å². The molecule has 21 heavy (non-hydrogen) atoms. The maximum Gasteiger partial charge on any atom is 0.407 e. The van der Waals surface area contributed by atoms with Crippen LogP contribution in [-0.4, -0.2) is 23.2 Å². The second-order valence-corrected chi connectivity index (χ2v) is 5.60. The van der Waals surface area contributed by atoms with Gasteiger partial charge in [0.1, 0.15) is 5.60 Å². The summed E-state index contributed by atoms with van der Waals surface area (Å²) in [5.74, 6) is 0. The van der Waals surface area contributed by atoms with Crippen LogP contribution in [0.5, 0.6) is 0 Å². The van der Waals surface area contributed by atoms with Gasteiger partial charge in [0.25, 0.3) is 5.69 Å². The van der Waals surface area contributed by atoms with Crippen LogP contribution < -0.4 is 5.32 Å². The van der Waals surface area contributed by atoms with Crippen LogP contribution in [0.1, 0.15) is 31.9 Å². The number of carbonyl (C=O) groups excluding carboxylic acids is 1. The molecule has 0 aromatic heterocycles. The molecule has 114 valence electrons. The van der Waals surface area contributed by atoms with Crippen molar-refractivity contribution in [3.05, 3.63) is 45.5 Å². The molecule has 1 amide bonds. The highest BCUT2D eigenvalue weighted by atomic mass is 16.6.